The normalized spacial score (nSPS) is 27.5. The Hall–Kier alpha value is -1.85. The van der Waals surface area contributed by atoms with E-state index in [1.807, 2.05) is 6.92 Å². The molecule has 1 aromatic rings. The van der Waals surface area contributed by atoms with Gasteiger partial charge in [0.15, 0.2) is 0 Å². The molecule has 4 atom stereocenters. The number of aliphatic hydroxyl groups is 1. The van der Waals surface area contributed by atoms with Gasteiger partial charge in [0.25, 0.3) is 0 Å². The second-order valence-electron chi connectivity index (χ2n) is 10.9. The number of carbonyl (C=O) groups excluding carboxylic acids is 1. The molecule has 210 valence electrons. The number of ether oxygens (including phenoxy) is 1. The molecule has 37 heavy (non-hydrogen) atoms. The topological polar surface area (TPSA) is 61.8 Å². The van der Waals surface area contributed by atoms with Gasteiger partial charge in [-0.25, -0.2) is 0 Å². The maximum absolute atomic E-state index is 13.5. The van der Waals surface area contributed by atoms with E-state index in [9.17, 15) is 36.2 Å². The lowest BCUT2D eigenvalue weighted by atomic mass is 9.71. The third-order valence-electron chi connectivity index (χ3n) is 8.05. The van der Waals surface area contributed by atoms with E-state index in [0.29, 0.717) is 50.5 Å². The SMILES string of the molecule is CCN([C@@H]1CC[C@@](C(=O)NCc2cc(C(F)(F)F)cc(C(F)(F)F)c2)(C(C)(C)O)C1)[C@H]1CCOC[C@H]1C. The van der Waals surface area contributed by atoms with Crippen molar-refractivity contribution in [3.8, 4) is 0 Å². The zero-order chi connectivity index (χ0) is 27.8. The summed E-state index contributed by atoms with van der Waals surface area (Å²) in [5.74, 6) is -0.284. The third-order valence-corrected chi connectivity index (χ3v) is 8.05. The molecule has 1 aliphatic carbocycles. The van der Waals surface area contributed by atoms with Crippen LogP contribution in [0.1, 0.15) is 70.1 Å². The number of hydrogen-bond donors (Lipinski definition) is 2. The highest BCUT2D eigenvalue weighted by Crippen LogP contribution is 2.49. The molecular weight excluding hydrogens is 502 g/mol. The summed E-state index contributed by atoms with van der Waals surface area (Å²) in [7, 11) is 0. The molecule has 1 saturated carbocycles. The van der Waals surface area contributed by atoms with Gasteiger partial charge in [-0.05, 0) is 75.8 Å². The zero-order valence-corrected chi connectivity index (χ0v) is 21.6. The first-order chi connectivity index (χ1) is 17.0. The summed E-state index contributed by atoms with van der Waals surface area (Å²) in [6.07, 6.45) is -7.79. The van der Waals surface area contributed by atoms with Crippen LogP contribution in [0, 0.1) is 11.3 Å². The van der Waals surface area contributed by atoms with E-state index < -0.39 is 46.9 Å². The molecule has 0 aromatic heterocycles. The summed E-state index contributed by atoms with van der Waals surface area (Å²) in [4.78, 5) is 15.8. The van der Waals surface area contributed by atoms with Crippen LogP contribution in [0.5, 0.6) is 0 Å². The van der Waals surface area contributed by atoms with Gasteiger partial charge in [-0.2, -0.15) is 26.3 Å². The fourth-order valence-electron chi connectivity index (χ4n) is 5.94. The first-order valence-electron chi connectivity index (χ1n) is 12.6. The zero-order valence-electron chi connectivity index (χ0n) is 21.6. The van der Waals surface area contributed by atoms with E-state index in [0.717, 1.165) is 13.0 Å². The van der Waals surface area contributed by atoms with E-state index in [1.54, 1.807) is 0 Å². The van der Waals surface area contributed by atoms with Crippen molar-refractivity contribution in [2.24, 2.45) is 11.3 Å². The molecule has 0 radical (unpaired) electrons. The van der Waals surface area contributed by atoms with Crippen molar-refractivity contribution >= 4 is 5.91 Å². The number of alkyl halides is 6. The van der Waals surface area contributed by atoms with Crippen molar-refractivity contribution < 1.29 is 41.0 Å². The van der Waals surface area contributed by atoms with E-state index >= 15 is 0 Å². The van der Waals surface area contributed by atoms with Crippen LogP contribution in [0.4, 0.5) is 26.3 Å². The summed E-state index contributed by atoms with van der Waals surface area (Å²) in [5, 5.41) is 13.6. The summed E-state index contributed by atoms with van der Waals surface area (Å²) in [6.45, 7) is 8.70. The standard InChI is InChI=1S/C26H36F6N2O3/c1-5-34(21-7-9-37-15-16(21)2)20-6-8-24(13-20,23(3,4)36)22(35)33-14-17-10-18(25(27,28)29)12-19(11-17)26(30,31)32/h10-12,16,20-21,36H,5-9,13-15H2,1-4H3,(H,33,35)/t16-,20-,21+,24-/m1/s1. The van der Waals surface area contributed by atoms with Crippen LogP contribution in [-0.2, 0) is 28.4 Å². The Morgan fingerprint density at radius 3 is 2.19 bits per heavy atom. The first-order valence-corrected chi connectivity index (χ1v) is 12.6. The summed E-state index contributed by atoms with van der Waals surface area (Å²) >= 11 is 0. The number of nitrogens with zero attached hydrogens (tertiary/aromatic N) is 1. The van der Waals surface area contributed by atoms with Crippen LogP contribution in [-0.4, -0.2) is 53.4 Å². The maximum Gasteiger partial charge on any atom is 0.416 e. The summed E-state index contributed by atoms with van der Waals surface area (Å²) < 4.78 is 84.9. The Balaban J connectivity index is 1.82. The van der Waals surface area contributed by atoms with Crippen LogP contribution in [0.2, 0.25) is 0 Å². The molecule has 1 saturated heterocycles. The van der Waals surface area contributed by atoms with Crippen LogP contribution in [0.3, 0.4) is 0 Å². The Kier molecular flexibility index (Phi) is 8.61. The maximum atomic E-state index is 13.5. The Bertz CT molecular complexity index is 927. The monoisotopic (exact) mass is 538 g/mol. The van der Waals surface area contributed by atoms with Crippen molar-refractivity contribution in [2.75, 3.05) is 19.8 Å². The third kappa shape index (κ3) is 6.42. The van der Waals surface area contributed by atoms with Gasteiger partial charge in [0, 0.05) is 25.2 Å². The van der Waals surface area contributed by atoms with Gasteiger partial charge in [-0.3, -0.25) is 9.69 Å². The average molecular weight is 539 g/mol. The molecule has 3 rings (SSSR count). The fourth-order valence-corrected chi connectivity index (χ4v) is 5.94. The van der Waals surface area contributed by atoms with Gasteiger partial charge >= 0.3 is 12.4 Å². The largest absolute Gasteiger partial charge is 0.416 e. The minimum absolute atomic E-state index is 0.00175. The molecular formula is C26H36F6N2O3. The number of amides is 1. The molecule has 1 amide bonds. The lowest BCUT2D eigenvalue weighted by Gasteiger charge is -2.43. The molecule has 2 N–H and O–H groups in total. The highest BCUT2D eigenvalue weighted by molar-refractivity contribution is 5.84. The van der Waals surface area contributed by atoms with E-state index in [-0.39, 0.29) is 23.7 Å². The number of hydrogen-bond acceptors (Lipinski definition) is 4. The fraction of sp³-hybridized carbons (Fsp3) is 0.731. The van der Waals surface area contributed by atoms with E-state index in [2.05, 4.69) is 17.1 Å². The summed E-state index contributed by atoms with van der Waals surface area (Å²) in [5.41, 5.74) is -5.89. The van der Waals surface area contributed by atoms with Crippen LogP contribution >= 0.6 is 0 Å². The number of halogens is 6. The molecule has 2 fully saturated rings. The predicted molar refractivity (Wildman–Crippen MR) is 125 cm³/mol. The highest BCUT2D eigenvalue weighted by atomic mass is 19.4. The first kappa shape index (κ1) is 29.7. The quantitative estimate of drug-likeness (QED) is 0.457. The molecule has 2 aliphatic rings. The lowest BCUT2D eigenvalue weighted by molar-refractivity contribution is -0.147. The lowest BCUT2D eigenvalue weighted by Crippen LogP contribution is -2.54. The van der Waals surface area contributed by atoms with Gasteiger partial charge in [0.1, 0.15) is 0 Å². The number of rotatable bonds is 7. The molecule has 11 heteroatoms. The minimum Gasteiger partial charge on any atom is -0.389 e. The second-order valence-corrected chi connectivity index (χ2v) is 10.9. The molecule has 1 heterocycles. The van der Waals surface area contributed by atoms with Gasteiger partial charge in [0.2, 0.25) is 5.91 Å². The Labute approximate surface area is 213 Å². The molecule has 0 bridgehead atoms. The second kappa shape index (κ2) is 10.7. The molecule has 1 aromatic carbocycles. The van der Waals surface area contributed by atoms with Crippen molar-refractivity contribution in [2.45, 2.75) is 90.0 Å². The summed E-state index contributed by atoms with van der Waals surface area (Å²) in [6, 6.07) is 1.53. The number of benzene rings is 1. The van der Waals surface area contributed by atoms with Gasteiger partial charge in [0.05, 0.1) is 28.7 Å². The smallest absolute Gasteiger partial charge is 0.389 e. The van der Waals surface area contributed by atoms with E-state index in [4.69, 9.17) is 4.74 Å². The molecule has 0 unspecified atom stereocenters. The van der Waals surface area contributed by atoms with Crippen LogP contribution < -0.4 is 5.32 Å². The van der Waals surface area contributed by atoms with Gasteiger partial charge in [-0.15, -0.1) is 0 Å². The highest BCUT2D eigenvalue weighted by Gasteiger charge is 2.56. The molecule has 0 spiro atoms. The van der Waals surface area contributed by atoms with E-state index in [1.165, 1.54) is 13.8 Å². The predicted octanol–water partition coefficient (Wildman–Crippen LogP) is 5.40. The molecule has 5 nitrogen and oxygen atoms in total. The minimum atomic E-state index is -4.97. The van der Waals surface area contributed by atoms with Crippen LogP contribution in [0.15, 0.2) is 18.2 Å². The van der Waals surface area contributed by atoms with Crippen molar-refractivity contribution in [1.82, 2.24) is 10.2 Å². The Morgan fingerprint density at radius 2 is 1.70 bits per heavy atom. The number of nitrogens with one attached hydrogen (secondary N) is 1. The Morgan fingerprint density at radius 1 is 1.11 bits per heavy atom. The van der Waals surface area contributed by atoms with Crippen LogP contribution in [0.25, 0.3) is 0 Å². The van der Waals surface area contributed by atoms with Crippen molar-refractivity contribution in [3.63, 3.8) is 0 Å². The van der Waals surface area contributed by atoms with Crippen molar-refractivity contribution in [1.29, 1.82) is 0 Å². The number of carbonyl (C=O) groups is 1. The van der Waals surface area contributed by atoms with Crippen molar-refractivity contribution in [3.05, 3.63) is 34.9 Å². The van der Waals surface area contributed by atoms with Gasteiger partial charge < -0.3 is 15.2 Å². The molecule has 1 aliphatic heterocycles. The van der Waals surface area contributed by atoms with Gasteiger partial charge in [-0.1, -0.05) is 13.8 Å². The average Bonchev–Trinajstić information content (AvgIpc) is 3.24.